The average molecular weight is 431 g/mol. The molecule has 0 bridgehead atoms. The van der Waals surface area contributed by atoms with E-state index in [4.69, 9.17) is 0 Å². The van der Waals surface area contributed by atoms with Crippen molar-refractivity contribution in [2.75, 3.05) is 14.1 Å². The molecule has 0 saturated heterocycles. The summed E-state index contributed by atoms with van der Waals surface area (Å²) in [6.45, 7) is 0.322. The standard InChI is InChI=1S/C21H22N2O4S2/c1-23(2)29(26,27)18-11-8-16(9-12-18)21(25)22-14-17-10-13-19(28-17)20(24)15-6-4-3-5-7-15/h3-13,20,24H,14H2,1-2H3,(H,22,25). The van der Waals surface area contributed by atoms with E-state index >= 15 is 0 Å². The fraction of sp³-hybridized carbons (Fsp3) is 0.190. The van der Waals surface area contributed by atoms with E-state index in [1.54, 1.807) is 0 Å². The number of nitrogens with one attached hydrogen (secondary N) is 1. The molecule has 29 heavy (non-hydrogen) atoms. The Hall–Kier alpha value is -2.52. The normalized spacial score (nSPS) is 12.7. The van der Waals surface area contributed by atoms with Crippen molar-refractivity contribution in [1.29, 1.82) is 0 Å². The molecule has 152 valence electrons. The van der Waals surface area contributed by atoms with Crippen molar-refractivity contribution in [3.8, 4) is 0 Å². The maximum atomic E-state index is 12.4. The lowest BCUT2D eigenvalue weighted by molar-refractivity contribution is 0.0951. The molecule has 0 aliphatic heterocycles. The Labute approximate surface area is 174 Å². The number of thiophene rings is 1. The molecule has 0 spiro atoms. The summed E-state index contributed by atoms with van der Waals surface area (Å²) in [5, 5.41) is 13.3. The van der Waals surface area contributed by atoms with Gasteiger partial charge in [0.15, 0.2) is 0 Å². The summed E-state index contributed by atoms with van der Waals surface area (Å²) in [5.41, 5.74) is 1.20. The molecule has 6 nitrogen and oxygen atoms in total. The van der Waals surface area contributed by atoms with E-state index in [1.807, 2.05) is 42.5 Å². The van der Waals surface area contributed by atoms with Crippen LogP contribution < -0.4 is 5.32 Å². The maximum absolute atomic E-state index is 12.4. The second-order valence-corrected chi connectivity index (χ2v) is 9.96. The van der Waals surface area contributed by atoms with Crippen molar-refractivity contribution >= 4 is 27.3 Å². The van der Waals surface area contributed by atoms with Crippen LogP contribution in [0.1, 0.15) is 31.8 Å². The number of carbonyl (C=O) groups is 1. The fourth-order valence-electron chi connectivity index (χ4n) is 2.69. The third-order valence-corrected chi connectivity index (χ3v) is 7.35. The van der Waals surface area contributed by atoms with E-state index in [9.17, 15) is 18.3 Å². The van der Waals surface area contributed by atoms with Crippen LogP contribution in [0.5, 0.6) is 0 Å². The quantitative estimate of drug-likeness (QED) is 0.603. The number of hydrogen-bond donors (Lipinski definition) is 2. The summed E-state index contributed by atoms with van der Waals surface area (Å²) in [6.07, 6.45) is -0.697. The van der Waals surface area contributed by atoms with Crippen molar-refractivity contribution in [2.24, 2.45) is 0 Å². The molecule has 3 aromatic rings. The number of hydrogen-bond acceptors (Lipinski definition) is 5. The van der Waals surface area contributed by atoms with E-state index in [-0.39, 0.29) is 10.8 Å². The van der Waals surface area contributed by atoms with Gasteiger partial charge in [-0.25, -0.2) is 12.7 Å². The van der Waals surface area contributed by atoms with Crippen LogP contribution in [0.25, 0.3) is 0 Å². The minimum Gasteiger partial charge on any atom is -0.383 e. The predicted molar refractivity (Wildman–Crippen MR) is 113 cm³/mol. The Morgan fingerprint density at radius 1 is 1.03 bits per heavy atom. The summed E-state index contributed by atoms with van der Waals surface area (Å²) >= 11 is 1.43. The number of benzene rings is 2. The van der Waals surface area contributed by atoms with E-state index < -0.39 is 16.1 Å². The van der Waals surface area contributed by atoms with E-state index in [1.165, 1.54) is 49.7 Å². The Bertz CT molecular complexity index is 1080. The molecule has 1 amide bonds. The van der Waals surface area contributed by atoms with Gasteiger partial charge in [0.2, 0.25) is 10.0 Å². The molecule has 0 fully saturated rings. The van der Waals surface area contributed by atoms with Crippen LogP contribution in [0, 0.1) is 0 Å². The molecule has 0 radical (unpaired) electrons. The lowest BCUT2D eigenvalue weighted by Crippen LogP contribution is -2.24. The second kappa shape index (κ2) is 8.87. The third kappa shape index (κ3) is 4.91. The summed E-state index contributed by atoms with van der Waals surface area (Å²) < 4.78 is 25.3. The number of sulfonamides is 1. The highest BCUT2D eigenvalue weighted by molar-refractivity contribution is 7.89. The Kier molecular flexibility index (Phi) is 6.49. The first kappa shape index (κ1) is 21.2. The van der Waals surface area contributed by atoms with Crippen LogP contribution in [-0.2, 0) is 16.6 Å². The molecule has 1 heterocycles. The van der Waals surface area contributed by atoms with Gasteiger partial charge in [0.25, 0.3) is 5.91 Å². The summed E-state index contributed by atoms with van der Waals surface area (Å²) in [7, 11) is -0.607. The minimum absolute atomic E-state index is 0.136. The summed E-state index contributed by atoms with van der Waals surface area (Å²) in [6, 6.07) is 18.9. The van der Waals surface area contributed by atoms with Crippen molar-refractivity contribution in [2.45, 2.75) is 17.5 Å². The van der Waals surface area contributed by atoms with Gasteiger partial charge in [-0.1, -0.05) is 30.3 Å². The zero-order chi connectivity index (χ0) is 21.0. The number of carbonyl (C=O) groups excluding carboxylic acids is 1. The molecule has 1 atom stereocenters. The highest BCUT2D eigenvalue weighted by Gasteiger charge is 2.18. The molecule has 0 aliphatic carbocycles. The van der Waals surface area contributed by atoms with Crippen LogP contribution in [0.3, 0.4) is 0 Å². The first-order chi connectivity index (χ1) is 13.8. The van der Waals surface area contributed by atoms with Gasteiger partial charge < -0.3 is 10.4 Å². The summed E-state index contributed by atoms with van der Waals surface area (Å²) in [4.78, 5) is 14.2. The zero-order valence-electron chi connectivity index (χ0n) is 16.1. The number of rotatable bonds is 7. The molecular formula is C21H22N2O4S2. The topological polar surface area (TPSA) is 86.7 Å². The monoisotopic (exact) mass is 430 g/mol. The van der Waals surface area contributed by atoms with Gasteiger partial charge in [0.1, 0.15) is 6.10 Å². The maximum Gasteiger partial charge on any atom is 0.251 e. The number of aliphatic hydroxyl groups excluding tert-OH is 1. The number of nitrogens with zero attached hydrogens (tertiary/aromatic N) is 1. The number of amides is 1. The number of aliphatic hydroxyl groups is 1. The molecule has 1 aromatic heterocycles. The molecule has 1 unspecified atom stereocenters. The van der Waals surface area contributed by atoms with Crippen LogP contribution in [0.4, 0.5) is 0 Å². The summed E-state index contributed by atoms with van der Waals surface area (Å²) in [5.74, 6) is -0.294. The Morgan fingerprint density at radius 3 is 2.31 bits per heavy atom. The first-order valence-electron chi connectivity index (χ1n) is 8.91. The van der Waals surface area contributed by atoms with Crippen molar-refractivity contribution < 1.29 is 18.3 Å². The van der Waals surface area contributed by atoms with Gasteiger partial charge in [-0.15, -0.1) is 11.3 Å². The van der Waals surface area contributed by atoms with E-state index in [0.717, 1.165) is 19.6 Å². The second-order valence-electron chi connectivity index (χ2n) is 6.61. The predicted octanol–water partition coefficient (Wildman–Crippen LogP) is 3.01. The van der Waals surface area contributed by atoms with Gasteiger partial charge in [0, 0.05) is 29.4 Å². The van der Waals surface area contributed by atoms with Crippen LogP contribution in [0.2, 0.25) is 0 Å². The fourth-order valence-corrected chi connectivity index (χ4v) is 4.56. The highest BCUT2D eigenvalue weighted by Crippen LogP contribution is 2.28. The molecule has 3 rings (SSSR count). The SMILES string of the molecule is CN(C)S(=O)(=O)c1ccc(C(=O)NCc2ccc(C(O)c3ccccc3)s2)cc1. The largest absolute Gasteiger partial charge is 0.383 e. The molecule has 8 heteroatoms. The Morgan fingerprint density at radius 2 is 1.69 bits per heavy atom. The van der Waals surface area contributed by atoms with Crippen molar-refractivity contribution in [3.63, 3.8) is 0 Å². The van der Waals surface area contributed by atoms with Crippen molar-refractivity contribution in [1.82, 2.24) is 9.62 Å². The van der Waals surface area contributed by atoms with Gasteiger partial charge >= 0.3 is 0 Å². The van der Waals surface area contributed by atoms with Crippen molar-refractivity contribution in [3.05, 3.63) is 87.6 Å². The van der Waals surface area contributed by atoms with Gasteiger partial charge in [-0.2, -0.15) is 0 Å². The van der Waals surface area contributed by atoms with Crippen LogP contribution >= 0.6 is 11.3 Å². The molecule has 2 aromatic carbocycles. The molecule has 0 saturated carbocycles. The van der Waals surface area contributed by atoms with Gasteiger partial charge in [0.05, 0.1) is 11.4 Å². The first-order valence-corrected chi connectivity index (χ1v) is 11.2. The third-order valence-electron chi connectivity index (χ3n) is 4.39. The molecule has 2 N–H and O–H groups in total. The average Bonchev–Trinajstić information content (AvgIpc) is 3.21. The van der Waals surface area contributed by atoms with E-state index in [2.05, 4.69) is 5.32 Å². The smallest absolute Gasteiger partial charge is 0.251 e. The van der Waals surface area contributed by atoms with Crippen LogP contribution in [-0.4, -0.2) is 37.8 Å². The minimum atomic E-state index is -3.52. The molecule has 0 aliphatic rings. The highest BCUT2D eigenvalue weighted by atomic mass is 32.2. The van der Waals surface area contributed by atoms with Gasteiger partial charge in [-0.3, -0.25) is 4.79 Å². The lowest BCUT2D eigenvalue weighted by atomic mass is 10.1. The van der Waals surface area contributed by atoms with E-state index in [0.29, 0.717) is 12.1 Å². The van der Waals surface area contributed by atoms with Gasteiger partial charge in [-0.05, 0) is 42.0 Å². The Balaban J connectivity index is 1.62. The lowest BCUT2D eigenvalue weighted by Gasteiger charge is -2.11. The van der Waals surface area contributed by atoms with Crippen LogP contribution in [0.15, 0.2) is 71.6 Å². The molecular weight excluding hydrogens is 408 g/mol. The zero-order valence-corrected chi connectivity index (χ0v) is 17.7.